The van der Waals surface area contributed by atoms with E-state index < -0.39 is 0 Å². The Morgan fingerprint density at radius 2 is 2.11 bits per heavy atom. The Morgan fingerprint density at radius 3 is 2.78 bits per heavy atom. The van der Waals surface area contributed by atoms with Crippen molar-refractivity contribution >= 4 is 11.8 Å². The number of ether oxygens (including phenoxy) is 1. The Morgan fingerprint density at radius 1 is 1.33 bits per heavy atom. The molecule has 0 aromatic heterocycles. The third-order valence-corrected chi connectivity index (χ3v) is 5.30. The first-order valence-electron chi connectivity index (χ1n) is 7.45. The second-order valence-corrected chi connectivity index (χ2v) is 6.84. The van der Waals surface area contributed by atoms with E-state index in [1.807, 2.05) is 0 Å². The first-order chi connectivity index (χ1) is 8.79. The van der Waals surface area contributed by atoms with Gasteiger partial charge in [-0.3, -0.25) is 4.90 Å². The van der Waals surface area contributed by atoms with Crippen LogP contribution < -0.4 is 5.73 Å². The van der Waals surface area contributed by atoms with Crippen LogP contribution in [0.2, 0.25) is 0 Å². The number of hydrogen-bond acceptors (Lipinski definition) is 4. The molecule has 0 bridgehead atoms. The fraction of sp³-hybridized carbons (Fsp3) is 1.00. The molecule has 106 valence electrons. The zero-order valence-corrected chi connectivity index (χ0v) is 12.5. The fourth-order valence-electron chi connectivity index (χ4n) is 3.34. The maximum atomic E-state index is 6.17. The molecule has 1 spiro atoms. The van der Waals surface area contributed by atoms with E-state index >= 15 is 0 Å². The van der Waals surface area contributed by atoms with Crippen LogP contribution in [0.3, 0.4) is 0 Å². The van der Waals surface area contributed by atoms with Crippen LogP contribution in [0.15, 0.2) is 0 Å². The third-order valence-electron chi connectivity index (χ3n) is 4.31. The second-order valence-electron chi connectivity index (χ2n) is 5.62. The van der Waals surface area contributed by atoms with E-state index in [0.29, 0.717) is 6.04 Å². The van der Waals surface area contributed by atoms with Gasteiger partial charge in [0.15, 0.2) is 0 Å². The molecular formula is C14H28N2OS. The molecule has 1 atom stereocenters. The largest absolute Gasteiger partial charge is 0.375 e. The molecule has 0 amide bonds. The van der Waals surface area contributed by atoms with Crippen molar-refractivity contribution in [1.29, 1.82) is 0 Å². The summed E-state index contributed by atoms with van der Waals surface area (Å²) in [6, 6.07) is 0.699. The van der Waals surface area contributed by atoms with Gasteiger partial charge < -0.3 is 10.5 Å². The molecule has 2 aliphatic rings. The quantitative estimate of drug-likeness (QED) is 0.832. The second kappa shape index (κ2) is 7.13. The van der Waals surface area contributed by atoms with E-state index in [4.69, 9.17) is 10.5 Å². The summed E-state index contributed by atoms with van der Waals surface area (Å²) in [7, 11) is 0. The lowest BCUT2D eigenvalue weighted by molar-refractivity contribution is -0.110. The van der Waals surface area contributed by atoms with Crippen molar-refractivity contribution < 1.29 is 4.74 Å². The summed E-state index contributed by atoms with van der Waals surface area (Å²) < 4.78 is 6.17. The van der Waals surface area contributed by atoms with Crippen LogP contribution in [0.1, 0.15) is 39.0 Å². The maximum absolute atomic E-state index is 6.17. The van der Waals surface area contributed by atoms with Gasteiger partial charge in [-0.2, -0.15) is 11.8 Å². The minimum absolute atomic E-state index is 0.203. The lowest BCUT2D eigenvalue weighted by Gasteiger charge is -2.46. The van der Waals surface area contributed by atoms with Crippen LogP contribution in [0.5, 0.6) is 0 Å². The summed E-state index contributed by atoms with van der Waals surface area (Å²) in [5.41, 5.74) is 5.96. The van der Waals surface area contributed by atoms with Crippen molar-refractivity contribution in [3.05, 3.63) is 0 Å². The van der Waals surface area contributed by atoms with Gasteiger partial charge in [0.25, 0.3) is 0 Å². The van der Waals surface area contributed by atoms with Crippen LogP contribution >= 0.6 is 11.8 Å². The molecule has 3 nitrogen and oxygen atoms in total. The zero-order chi connectivity index (χ0) is 12.8. The number of nitrogens with zero attached hydrogens (tertiary/aromatic N) is 1. The van der Waals surface area contributed by atoms with Gasteiger partial charge in [-0.05, 0) is 50.2 Å². The van der Waals surface area contributed by atoms with Crippen molar-refractivity contribution in [1.82, 2.24) is 4.90 Å². The van der Waals surface area contributed by atoms with Crippen LogP contribution in [-0.2, 0) is 4.74 Å². The molecule has 2 N–H and O–H groups in total. The van der Waals surface area contributed by atoms with Gasteiger partial charge in [0.1, 0.15) is 0 Å². The van der Waals surface area contributed by atoms with Crippen LogP contribution in [0, 0.1) is 0 Å². The van der Waals surface area contributed by atoms with Gasteiger partial charge in [-0.15, -0.1) is 0 Å². The molecule has 0 aromatic carbocycles. The minimum Gasteiger partial charge on any atom is -0.375 e. The van der Waals surface area contributed by atoms with Gasteiger partial charge in [-0.25, -0.2) is 0 Å². The number of rotatable bonds is 5. The van der Waals surface area contributed by atoms with Crippen molar-refractivity contribution in [3.63, 3.8) is 0 Å². The molecule has 2 aliphatic heterocycles. The van der Waals surface area contributed by atoms with Crippen molar-refractivity contribution in [2.75, 3.05) is 37.7 Å². The first kappa shape index (κ1) is 14.6. The molecule has 0 aromatic rings. The van der Waals surface area contributed by atoms with Crippen molar-refractivity contribution in [2.24, 2.45) is 5.73 Å². The Kier molecular flexibility index (Phi) is 5.80. The minimum atomic E-state index is 0.203. The van der Waals surface area contributed by atoms with Gasteiger partial charge in [0, 0.05) is 25.7 Å². The summed E-state index contributed by atoms with van der Waals surface area (Å²) in [6.45, 7) is 6.21. The zero-order valence-electron chi connectivity index (χ0n) is 11.7. The first-order valence-corrected chi connectivity index (χ1v) is 8.61. The Hall–Kier alpha value is 0.230. The molecule has 2 fully saturated rings. The summed E-state index contributed by atoms with van der Waals surface area (Å²) in [5.74, 6) is 2.55. The Labute approximate surface area is 116 Å². The topological polar surface area (TPSA) is 38.5 Å². The molecule has 4 heteroatoms. The molecular weight excluding hydrogens is 244 g/mol. The highest BCUT2D eigenvalue weighted by Crippen LogP contribution is 2.38. The smallest absolute Gasteiger partial charge is 0.0713 e. The normalized spacial score (nSPS) is 27.8. The predicted octanol–water partition coefficient (Wildman–Crippen LogP) is 2.10. The standard InChI is InChI=1S/C14H28N2OS/c1-2-7-16(8-6-15)13-3-9-17-14(12-13)4-10-18-11-5-14/h13H,2-12,15H2,1H3. The highest BCUT2D eigenvalue weighted by Gasteiger charge is 2.40. The molecule has 18 heavy (non-hydrogen) atoms. The molecule has 1 unspecified atom stereocenters. The van der Waals surface area contributed by atoms with E-state index in [1.165, 1.54) is 50.2 Å². The average molecular weight is 272 g/mol. The summed E-state index contributed by atoms with van der Waals surface area (Å²) in [6.07, 6.45) is 6.14. The van der Waals surface area contributed by atoms with Gasteiger partial charge in [-0.1, -0.05) is 6.92 Å². The Balaban J connectivity index is 1.95. The summed E-state index contributed by atoms with van der Waals surface area (Å²) in [4.78, 5) is 2.60. The van der Waals surface area contributed by atoms with Crippen LogP contribution in [0.4, 0.5) is 0 Å². The molecule has 0 aliphatic carbocycles. The highest BCUT2D eigenvalue weighted by atomic mass is 32.2. The van der Waals surface area contributed by atoms with E-state index in [2.05, 4.69) is 23.6 Å². The maximum Gasteiger partial charge on any atom is 0.0713 e. The van der Waals surface area contributed by atoms with E-state index in [1.54, 1.807) is 0 Å². The lowest BCUT2D eigenvalue weighted by Crippen LogP contribution is -2.51. The molecule has 0 saturated carbocycles. The van der Waals surface area contributed by atoms with Crippen molar-refractivity contribution in [2.45, 2.75) is 50.7 Å². The average Bonchev–Trinajstić information content (AvgIpc) is 2.39. The van der Waals surface area contributed by atoms with E-state index in [9.17, 15) is 0 Å². The van der Waals surface area contributed by atoms with Crippen LogP contribution in [-0.4, -0.2) is 54.3 Å². The third kappa shape index (κ3) is 3.62. The summed E-state index contributed by atoms with van der Waals surface area (Å²) in [5, 5.41) is 0. The van der Waals surface area contributed by atoms with Gasteiger partial charge in [0.05, 0.1) is 5.60 Å². The van der Waals surface area contributed by atoms with Gasteiger partial charge >= 0.3 is 0 Å². The van der Waals surface area contributed by atoms with E-state index in [-0.39, 0.29) is 5.60 Å². The lowest BCUT2D eigenvalue weighted by atomic mass is 9.84. The van der Waals surface area contributed by atoms with Crippen LogP contribution in [0.25, 0.3) is 0 Å². The van der Waals surface area contributed by atoms with Gasteiger partial charge in [0.2, 0.25) is 0 Å². The fourth-order valence-corrected chi connectivity index (χ4v) is 4.57. The monoisotopic (exact) mass is 272 g/mol. The number of thioether (sulfide) groups is 1. The molecule has 2 rings (SSSR count). The predicted molar refractivity (Wildman–Crippen MR) is 79.2 cm³/mol. The number of hydrogen-bond donors (Lipinski definition) is 1. The van der Waals surface area contributed by atoms with E-state index in [0.717, 1.165) is 19.7 Å². The Bertz CT molecular complexity index is 232. The highest BCUT2D eigenvalue weighted by molar-refractivity contribution is 7.99. The summed E-state index contributed by atoms with van der Waals surface area (Å²) >= 11 is 2.08. The molecule has 2 saturated heterocycles. The van der Waals surface area contributed by atoms with Crippen molar-refractivity contribution in [3.8, 4) is 0 Å². The number of nitrogens with two attached hydrogens (primary N) is 1. The SMILES string of the molecule is CCCN(CCN)C1CCOC2(CCSCC2)C1. The molecule has 2 heterocycles. The molecule has 0 radical (unpaired) electrons.